The van der Waals surface area contributed by atoms with E-state index in [4.69, 9.17) is 4.74 Å². The second-order valence-corrected chi connectivity index (χ2v) is 6.14. The van der Waals surface area contributed by atoms with E-state index in [2.05, 4.69) is 25.8 Å². The quantitative estimate of drug-likeness (QED) is 0.904. The van der Waals surface area contributed by atoms with Gasteiger partial charge in [-0.25, -0.2) is 0 Å². The highest BCUT2D eigenvalue weighted by Gasteiger charge is 2.37. The van der Waals surface area contributed by atoms with E-state index in [1.54, 1.807) is 12.4 Å². The van der Waals surface area contributed by atoms with Crippen molar-refractivity contribution in [1.29, 1.82) is 0 Å². The Balaban J connectivity index is 2.19. The van der Waals surface area contributed by atoms with Gasteiger partial charge in [-0.3, -0.25) is 4.98 Å². The minimum atomic E-state index is -0.740. The fraction of sp³-hybridized carbons (Fsp3) is 0.688. The number of rotatable bonds is 4. The van der Waals surface area contributed by atoms with Crippen LogP contribution >= 0.6 is 0 Å². The van der Waals surface area contributed by atoms with Crippen molar-refractivity contribution in [3.8, 4) is 5.75 Å². The van der Waals surface area contributed by atoms with Crippen molar-refractivity contribution >= 4 is 0 Å². The molecule has 0 bridgehead atoms. The Morgan fingerprint density at radius 2 is 2.00 bits per heavy atom. The van der Waals surface area contributed by atoms with Crippen LogP contribution in [0, 0.1) is 11.8 Å². The van der Waals surface area contributed by atoms with E-state index >= 15 is 0 Å². The van der Waals surface area contributed by atoms with Gasteiger partial charge in [0.2, 0.25) is 0 Å². The zero-order valence-corrected chi connectivity index (χ0v) is 12.2. The molecule has 3 heteroatoms. The first kappa shape index (κ1) is 14.3. The van der Waals surface area contributed by atoms with Crippen LogP contribution in [-0.2, 0) is 5.60 Å². The molecular weight excluding hydrogens is 238 g/mol. The lowest BCUT2D eigenvalue weighted by Crippen LogP contribution is -2.35. The van der Waals surface area contributed by atoms with Gasteiger partial charge < -0.3 is 9.84 Å². The largest absolute Gasteiger partial charge is 0.492 e. The molecule has 1 N–H and O–H groups in total. The fourth-order valence-electron chi connectivity index (χ4n) is 3.30. The highest BCUT2D eigenvalue weighted by atomic mass is 16.5. The maximum Gasteiger partial charge on any atom is 0.137 e. The Hall–Kier alpha value is -1.09. The molecule has 1 aromatic heterocycles. The molecule has 0 amide bonds. The fourth-order valence-corrected chi connectivity index (χ4v) is 3.30. The Morgan fingerprint density at radius 3 is 2.63 bits per heavy atom. The lowest BCUT2D eigenvalue weighted by molar-refractivity contribution is -0.0367. The third kappa shape index (κ3) is 3.47. The monoisotopic (exact) mass is 263 g/mol. The smallest absolute Gasteiger partial charge is 0.137 e. The van der Waals surface area contributed by atoms with Crippen LogP contribution in [0.15, 0.2) is 18.5 Å². The van der Waals surface area contributed by atoms with Gasteiger partial charge in [-0.1, -0.05) is 20.8 Å². The summed E-state index contributed by atoms with van der Waals surface area (Å²) in [6.07, 6.45) is 7.30. The number of nitrogens with zero attached hydrogens (tertiary/aromatic N) is 1. The zero-order valence-electron chi connectivity index (χ0n) is 12.2. The molecule has 106 valence electrons. The molecule has 0 saturated heterocycles. The average Bonchev–Trinajstić information content (AvgIpc) is 2.35. The standard InChI is InChI=1S/C16H25NO2/c1-4-5-19-15-7-14(10-17-11-15)16(18)8-12(2)6-13(3)9-16/h7,10-13,18H,4-6,8-9H2,1-3H3. The molecular formula is C16H25NO2. The van der Waals surface area contributed by atoms with Gasteiger partial charge in [0.05, 0.1) is 18.4 Å². The van der Waals surface area contributed by atoms with Crippen LogP contribution in [0.5, 0.6) is 5.75 Å². The summed E-state index contributed by atoms with van der Waals surface area (Å²) < 4.78 is 5.61. The number of hydrogen-bond donors (Lipinski definition) is 1. The summed E-state index contributed by atoms with van der Waals surface area (Å²) in [5, 5.41) is 10.9. The molecule has 3 nitrogen and oxygen atoms in total. The number of ether oxygens (including phenoxy) is 1. The van der Waals surface area contributed by atoms with E-state index in [1.807, 2.05) is 6.07 Å². The molecule has 2 atom stereocenters. The van der Waals surface area contributed by atoms with Gasteiger partial charge in [0.25, 0.3) is 0 Å². The van der Waals surface area contributed by atoms with E-state index in [9.17, 15) is 5.11 Å². The van der Waals surface area contributed by atoms with Crippen LogP contribution in [0.4, 0.5) is 0 Å². The van der Waals surface area contributed by atoms with Crippen molar-refractivity contribution in [2.75, 3.05) is 6.61 Å². The van der Waals surface area contributed by atoms with Crippen molar-refractivity contribution < 1.29 is 9.84 Å². The third-order valence-electron chi connectivity index (χ3n) is 3.90. The molecule has 1 aliphatic rings. The topological polar surface area (TPSA) is 42.4 Å². The Morgan fingerprint density at radius 1 is 1.32 bits per heavy atom. The number of aliphatic hydroxyl groups is 1. The van der Waals surface area contributed by atoms with E-state index in [0.717, 1.165) is 30.6 Å². The summed E-state index contributed by atoms with van der Waals surface area (Å²) in [7, 11) is 0. The molecule has 1 aliphatic carbocycles. The molecule has 2 rings (SSSR count). The minimum absolute atomic E-state index is 0.550. The molecule has 0 radical (unpaired) electrons. The average molecular weight is 263 g/mol. The van der Waals surface area contributed by atoms with Crippen LogP contribution < -0.4 is 4.74 Å². The predicted molar refractivity (Wildman–Crippen MR) is 76.1 cm³/mol. The first-order chi connectivity index (χ1) is 9.03. The predicted octanol–water partition coefficient (Wildman–Crippen LogP) is 3.51. The summed E-state index contributed by atoms with van der Waals surface area (Å²) in [5.74, 6) is 1.86. The van der Waals surface area contributed by atoms with Crippen LogP contribution in [0.2, 0.25) is 0 Å². The van der Waals surface area contributed by atoms with Gasteiger partial charge in [-0.05, 0) is 43.6 Å². The normalized spacial score (nSPS) is 31.2. The molecule has 0 aliphatic heterocycles. The van der Waals surface area contributed by atoms with Crippen molar-refractivity contribution in [3.05, 3.63) is 24.0 Å². The maximum atomic E-state index is 10.9. The molecule has 19 heavy (non-hydrogen) atoms. The summed E-state index contributed by atoms with van der Waals surface area (Å²) in [6, 6.07) is 1.95. The van der Waals surface area contributed by atoms with Gasteiger partial charge in [-0.15, -0.1) is 0 Å². The first-order valence-electron chi connectivity index (χ1n) is 7.34. The van der Waals surface area contributed by atoms with E-state index in [0.29, 0.717) is 18.4 Å². The van der Waals surface area contributed by atoms with Gasteiger partial charge in [0.15, 0.2) is 0 Å². The van der Waals surface area contributed by atoms with E-state index < -0.39 is 5.60 Å². The second kappa shape index (κ2) is 5.91. The van der Waals surface area contributed by atoms with Crippen LogP contribution in [0.1, 0.15) is 52.0 Å². The number of aromatic nitrogens is 1. The summed E-state index contributed by atoms with van der Waals surface area (Å²) >= 11 is 0. The van der Waals surface area contributed by atoms with Crippen LogP contribution in [-0.4, -0.2) is 16.7 Å². The lowest BCUT2D eigenvalue weighted by atomic mass is 9.71. The molecule has 2 unspecified atom stereocenters. The Kier molecular flexibility index (Phi) is 4.46. The zero-order chi connectivity index (χ0) is 13.9. The number of pyridine rings is 1. The van der Waals surface area contributed by atoms with Crippen molar-refractivity contribution in [3.63, 3.8) is 0 Å². The van der Waals surface area contributed by atoms with Crippen molar-refractivity contribution in [2.24, 2.45) is 11.8 Å². The van der Waals surface area contributed by atoms with Gasteiger partial charge in [-0.2, -0.15) is 0 Å². The summed E-state index contributed by atoms with van der Waals surface area (Å²) in [4.78, 5) is 4.22. The molecule has 1 aromatic rings. The Labute approximate surface area is 116 Å². The molecule has 0 spiro atoms. The van der Waals surface area contributed by atoms with Crippen molar-refractivity contribution in [1.82, 2.24) is 4.98 Å². The van der Waals surface area contributed by atoms with Crippen LogP contribution in [0.25, 0.3) is 0 Å². The van der Waals surface area contributed by atoms with Crippen molar-refractivity contribution in [2.45, 2.75) is 52.1 Å². The minimum Gasteiger partial charge on any atom is -0.492 e. The van der Waals surface area contributed by atoms with Gasteiger partial charge in [0, 0.05) is 11.8 Å². The Bertz CT molecular complexity index is 409. The molecule has 1 heterocycles. The SMILES string of the molecule is CCCOc1cncc(C2(O)CC(C)CC(C)C2)c1. The molecule has 1 saturated carbocycles. The highest BCUT2D eigenvalue weighted by Crippen LogP contribution is 2.42. The second-order valence-electron chi connectivity index (χ2n) is 6.14. The first-order valence-corrected chi connectivity index (χ1v) is 7.34. The maximum absolute atomic E-state index is 10.9. The third-order valence-corrected chi connectivity index (χ3v) is 3.90. The van der Waals surface area contributed by atoms with E-state index in [-0.39, 0.29) is 0 Å². The summed E-state index contributed by atoms with van der Waals surface area (Å²) in [5.41, 5.74) is 0.162. The van der Waals surface area contributed by atoms with Gasteiger partial charge >= 0.3 is 0 Å². The molecule has 0 aromatic carbocycles. The van der Waals surface area contributed by atoms with E-state index in [1.165, 1.54) is 6.42 Å². The highest BCUT2D eigenvalue weighted by molar-refractivity contribution is 5.28. The van der Waals surface area contributed by atoms with Gasteiger partial charge in [0.1, 0.15) is 5.75 Å². The molecule has 1 fully saturated rings. The number of hydrogen-bond acceptors (Lipinski definition) is 3. The summed E-state index contributed by atoms with van der Waals surface area (Å²) in [6.45, 7) is 7.20. The lowest BCUT2D eigenvalue weighted by Gasteiger charge is -2.39. The van der Waals surface area contributed by atoms with Crippen LogP contribution in [0.3, 0.4) is 0 Å².